The van der Waals surface area contributed by atoms with Gasteiger partial charge in [-0.05, 0) is 23.6 Å². The highest BCUT2D eigenvalue weighted by Crippen LogP contribution is 2.24. The molecule has 1 heterocycles. The maximum atomic E-state index is 13.1. The number of rotatable bonds is 2. The molecule has 0 bridgehead atoms. The van der Waals surface area contributed by atoms with Gasteiger partial charge in [0.1, 0.15) is 5.82 Å². The van der Waals surface area contributed by atoms with E-state index in [2.05, 4.69) is 0 Å². The minimum absolute atomic E-state index is 0.115. The molecular formula is C11H6ClFOS. The van der Waals surface area contributed by atoms with Gasteiger partial charge in [0.25, 0.3) is 0 Å². The van der Waals surface area contributed by atoms with E-state index in [4.69, 9.17) is 11.6 Å². The van der Waals surface area contributed by atoms with E-state index in [0.29, 0.717) is 4.88 Å². The summed E-state index contributed by atoms with van der Waals surface area (Å²) < 4.78 is 13.1. The number of carbonyl (C=O) groups excluding carboxylic acids is 1. The first-order valence-electron chi connectivity index (χ1n) is 4.22. The number of carbonyl (C=O) groups is 1. The lowest BCUT2D eigenvalue weighted by Crippen LogP contribution is -2.00. The van der Waals surface area contributed by atoms with Crippen molar-refractivity contribution in [1.82, 2.24) is 0 Å². The number of ketones is 1. The van der Waals surface area contributed by atoms with Crippen LogP contribution in [0.1, 0.15) is 15.2 Å². The summed E-state index contributed by atoms with van der Waals surface area (Å²) in [6.07, 6.45) is 0. The van der Waals surface area contributed by atoms with Crippen LogP contribution < -0.4 is 0 Å². The highest BCUT2D eigenvalue weighted by Gasteiger charge is 2.15. The van der Waals surface area contributed by atoms with Crippen LogP contribution >= 0.6 is 22.9 Å². The summed E-state index contributed by atoms with van der Waals surface area (Å²) in [5, 5.41) is 1.68. The van der Waals surface area contributed by atoms with E-state index in [1.54, 1.807) is 17.5 Å². The average molecular weight is 241 g/mol. The summed E-state index contributed by atoms with van der Waals surface area (Å²) >= 11 is 7.02. The van der Waals surface area contributed by atoms with Crippen molar-refractivity contribution in [1.29, 1.82) is 0 Å². The van der Waals surface area contributed by atoms with E-state index in [9.17, 15) is 9.18 Å². The highest BCUT2D eigenvalue weighted by atomic mass is 35.5. The SMILES string of the molecule is O=C(c1cccs1)c1cccc(F)c1Cl. The van der Waals surface area contributed by atoms with Crippen LogP contribution in [-0.4, -0.2) is 5.78 Å². The Morgan fingerprint density at radius 1 is 1.27 bits per heavy atom. The zero-order valence-corrected chi connectivity index (χ0v) is 9.11. The first kappa shape index (κ1) is 10.3. The lowest BCUT2D eigenvalue weighted by molar-refractivity contribution is 0.104. The molecule has 1 aromatic carbocycles. The van der Waals surface area contributed by atoms with E-state index in [0.717, 1.165) is 0 Å². The van der Waals surface area contributed by atoms with Crippen LogP contribution in [0.25, 0.3) is 0 Å². The number of halogens is 2. The Hall–Kier alpha value is -1.19. The normalized spacial score (nSPS) is 10.3. The minimum atomic E-state index is -0.570. The average Bonchev–Trinajstić information content (AvgIpc) is 2.74. The van der Waals surface area contributed by atoms with Gasteiger partial charge >= 0.3 is 0 Å². The third-order valence-electron chi connectivity index (χ3n) is 1.94. The summed E-state index contributed by atoms with van der Waals surface area (Å²) in [4.78, 5) is 12.4. The van der Waals surface area contributed by atoms with Crippen LogP contribution in [-0.2, 0) is 0 Å². The molecule has 76 valence electrons. The molecule has 0 saturated heterocycles. The molecule has 0 fully saturated rings. The first-order valence-corrected chi connectivity index (χ1v) is 5.48. The zero-order chi connectivity index (χ0) is 10.8. The van der Waals surface area contributed by atoms with Gasteiger partial charge in [0.2, 0.25) is 5.78 Å². The number of hydrogen-bond donors (Lipinski definition) is 0. The fraction of sp³-hybridized carbons (Fsp3) is 0. The second-order valence-electron chi connectivity index (χ2n) is 2.91. The molecule has 0 atom stereocenters. The van der Waals surface area contributed by atoms with Crippen molar-refractivity contribution in [3.8, 4) is 0 Å². The highest BCUT2D eigenvalue weighted by molar-refractivity contribution is 7.12. The maximum absolute atomic E-state index is 13.1. The predicted molar refractivity (Wildman–Crippen MR) is 59.2 cm³/mol. The van der Waals surface area contributed by atoms with E-state index in [1.165, 1.54) is 29.5 Å². The first-order chi connectivity index (χ1) is 7.20. The molecule has 2 rings (SSSR count). The standard InChI is InChI=1S/C11H6ClFOS/c12-10-7(3-1-4-8(10)13)11(14)9-5-2-6-15-9/h1-6H. The fourth-order valence-corrected chi connectivity index (χ4v) is 2.11. The molecule has 0 amide bonds. The number of benzene rings is 1. The Kier molecular flexibility index (Phi) is 2.84. The van der Waals surface area contributed by atoms with E-state index in [-0.39, 0.29) is 16.4 Å². The van der Waals surface area contributed by atoms with Crippen LogP contribution in [0.15, 0.2) is 35.7 Å². The summed E-state index contributed by atoms with van der Waals surface area (Å²) in [6.45, 7) is 0. The van der Waals surface area contributed by atoms with Crippen LogP contribution in [0.3, 0.4) is 0 Å². The van der Waals surface area contributed by atoms with Crippen molar-refractivity contribution in [3.63, 3.8) is 0 Å². The zero-order valence-electron chi connectivity index (χ0n) is 7.54. The third kappa shape index (κ3) is 1.94. The monoisotopic (exact) mass is 240 g/mol. The summed E-state index contributed by atoms with van der Waals surface area (Å²) in [5.41, 5.74) is 0.208. The maximum Gasteiger partial charge on any atom is 0.204 e. The lowest BCUT2D eigenvalue weighted by Gasteiger charge is -2.01. The van der Waals surface area contributed by atoms with Gasteiger partial charge in [-0.2, -0.15) is 0 Å². The summed E-state index contributed by atoms with van der Waals surface area (Å²) in [7, 11) is 0. The van der Waals surface area contributed by atoms with E-state index >= 15 is 0 Å². The molecule has 0 aliphatic carbocycles. The van der Waals surface area contributed by atoms with Crippen molar-refractivity contribution >= 4 is 28.7 Å². The number of hydrogen-bond acceptors (Lipinski definition) is 2. The molecule has 0 saturated carbocycles. The van der Waals surface area contributed by atoms with Crippen molar-refractivity contribution < 1.29 is 9.18 Å². The smallest absolute Gasteiger partial charge is 0.204 e. The van der Waals surface area contributed by atoms with Gasteiger partial charge in [0.05, 0.1) is 9.90 Å². The van der Waals surface area contributed by atoms with Crippen molar-refractivity contribution in [3.05, 3.63) is 57.0 Å². The Bertz CT molecular complexity index is 493. The van der Waals surface area contributed by atoms with Gasteiger partial charge in [0, 0.05) is 5.56 Å². The van der Waals surface area contributed by atoms with Crippen LogP contribution in [0.5, 0.6) is 0 Å². The van der Waals surface area contributed by atoms with Gasteiger partial charge in [-0.15, -0.1) is 11.3 Å². The molecular weight excluding hydrogens is 235 g/mol. The summed E-state index contributed by atoms with van der Waals surface area (Å²) in [6, 6.07) is 7.68. The van der Waals surface area contributed by atoms with Crippen molar-refractivity contribution in [2.45, 2.75) is 0 Å². The van der Waals surface area contributed by atoms with Gasteiger partial charge in [0.15, 0.2) is 0 Å². The fourth-order valence-electron chi connectivity index (χ4n) is 1.22. The second-order valence-corrected chi connectivity index (χ2v) is 4.23. The largest absolute Gasteiger partial charge is 0.288 e. The molecule has 0 radical (unpaired) electrons. The van der Waals surface area contributed by atoms with Crippen LogP contribution in [0.4, 0.5) is 4.39 Å². The topological polar surface area (TPSA) is 17.1 Å². The minimum Gasteiger partial charge on any atom is -0.288 e. The van der Waals surface area contributed by atoms with Gasteiger partial charge in [-0.1, -0.05) is 23.7 Å². The number of thiophene rings is 1. The molecule has 0 spiro atoms. The van der Waals surface area contributed by atoms with Crippen LogP contribution in [0.2, 0.25) is 5.02 Å². The second kappa shape index (κ2) is 4.13. The van der Waals surface area contributed by atoms with Gasteiger partial charge < -0.3 is 0 Å². The molecule has 1 aromatic heterocycles. The predicted octanol–water partition coefficient (Wildman–Crippen LogP) is 3.77. The van der Waals surface area contributed by atoms with Gasteiger partial charge in [-0.25, -0.2) is 4.39 Å². The summed E-state index contributed by atoms with van der Waals surface area (Å²) in [5.74, 6) is -0.812. The third-order valence-corrected chi connectivity index (χ3v) is 3.19. The molecule has 0 aliphatic heterocycles. The Morgan fingerprint density at radius 2 is 2.07 bits per heavy atom. The molecule has 4 heteroatoms. The molecule has 0 aliphatic rings. The Morgan fingerprint density at radius 3 is 2.73 bits per heavy atom. The van der Waals surface area contributed by atoms with Gasteiger partial charge in [-0.3, -0.25) is 4.79 Å². The molecule has 2 aromatic rings. The Balaban J connectivity index is 2.47. The lowest BCUT2D eigenvalue weighted by atomic mass is 10.1. The molecule has 0 unspecified atom stereocenters. The quantitative estimate of drug-likeness (QED) is 0.731. The van der Waals surface area contributed by atoms with E-state index in [1.807, 2.05) is 0 Å². The molecule has 15 heavy (non-hydrogen) atoms. The molecule has 1 nitrogen and oxygen atoms in total. The Labute approximate surface area is 95.1 Å². The molecule has 0 N–H and O–H groups in total. The van der Waals surface area contributed by atoms with Crippen LogP contribution in [0, 0.1) is 5.82 Å². The van der Waals surface area contributed by atoms with Crippen molar-refractivity contribution in [2.75, 3.05) is 0 Å². The van der Waals surface area contributed by atoms with E-state index < -0.39 is 5.82 Å². The van der Waals surface area contributed by atoms with Crippen molar-refractivity contribution in [2.24, 2.45) is 0 Å².